The van der Waals surface area contributed by atoms with E-state index in [1.165, 1.54) is 6.20 Å². The molecule has 5 rings (SSSR count). The summed E-state index contributed by atoms with van der Waals surface area (Å²) >= 11 is 0. The Morgan fingerprint density at radius 2 is 1.84 bits per heavy atom. The van der Waals surface area contributed by atoms with Crippen LogP contribution in [0, 0.1) is 0 Å². The maximum absolute atomic E-state index is 13.3. The number of rotatable bonds is 8. The van der Waals surface area contributed by atoms with Crippen molar-refractivity contribution in [2.45, 2.75) is 69.2 Å². The molecule has 11 nitrogen and oxygen atoms in total. The number of carbonyl (C=O) groups excluding carboxylic acids is 1. The van der Waals surface area contributed by atoms with Gasteiger partial charge < -0.3 is 30.0 Å². The zero-order chi connectivity index (χ0) is 25.9. The highest BCUT2D eigenvalue weighted by Gasteiger charge is 2.28. The molecule has 0 radical (unpaired) electrons. The molecule has 2 aliphatic carbocycles. The van der Waals surface area contributed by atoms with E-state index in [0.29, 0.717) is 28.5 Å². The Morgan fingerprint density at radius 1 is 1.08 bits per heavy atom. The number of anilines is 3. The predicted octanol–water partition coefficient (Wildman–Crippen LogP) is 3.10. The van der Waals surface area contributed by atoms with Gasteiger partial charge in [-0.3, -0.25) is 9.59 Å². The van der Waals surface area contributed by atoms with Crippen LogP contribution in [0.4, 0.5) is 17.3 Å². The van der Waals surface area contributed by atoms with Gasteiger partial charge in [0.15, 0.2) is 5.65 Å². The van der Waals surface area contributed by atoms with Crippen molar-refractivity contribution >= 4 is 28.9 Å². The number of fused-ring (bicyclic) bond motifs is 1. The van der Waals surface area contributed by atoms with Gasteiger partial charge in [0.25, 0.3) is 11.5 Å². The highest BCUT2D eigenvalue weighted by molar-refractivity contribution is 6.00. The summed E-state index contributed by atoms with van der Waals surface area (Å²) in [4.78, 5) is 31.1. The third-order valence-electron chi connectivity index (χ3n) is 7.63. The fraction of sp³-hybridized carbons (Fsp3) is 0.538. The van der Waals surface area contributed by atoms with E-state index in [0.717, 1.165) is 44.9 Å². The van der Waals surface area contributed by atoms with Crippen LogP contribution in [0.15, 0.2) is 35.4 Å². The number of aromatic nitrogens is 4. The van der Waals surface area contributed by atoms with E-state index in [1.807, 2.05) is 12.3 Å². The predicted molar refractivity (Wildman–Crippen MR) is 141 cm³/mol. The number of hydrogen-bond acceptors (Lipinski definition) is 8. The van der Waals surface area contributed by atoms with Gasteiger partial charge in [0.2, 0.25) is 0 Å². The van der Waals surface area contributed by atoms with Crippen LogP contribution in [0.2, 0.25) is 0 Å². The zero-order valence-electron chi connectivity index (χ0n) is 21.6. The first kappa shape index (κ1) is 25.2. The second-order valence-corrected chi connectivity index (χ2v) is 9.84. The minimum Gasteiger partial charge on any atom is -0.381 e. The van der Waals surface area contributed by atoms with E-state index < -0.39 is 0 Å². The SMILES string of the molecule is CNc1cc(Nc2cccn(C3CCC(OC)CC3)c2=O)nc2c(C(=O)NC3CC[C@H](OC)C3)cnn12. The summed E-state index contributed by atoms with van der Waals surface area (Å²) < 4.78 is 14.3. The highest BCUT2D eigenvalue weighted by atomic mass is 16.5. The summed E-state index contributed by atoms with van der Waals surface area (Å²) in [6.07, 6.45) is 10.1. The first-order chi connectivity index (χ1) is 18.0. The number of ether oxygens (including phenoxy) is 2. The third-order valence-corrected chi connectivity index (χ3v) is 7.63. The maximum Gasteiger partial charge on any atom is 0.274 e. The first-order valence-corrected chi connectivity index (χ1v) is 12.9. The lowest BCUT2D eigenvalue weighted by atomic mass is 9.92. The van der Waals surface area contributed by atoms with Crippen molar-refractivity contribution in [1.82, 2.24) is 24.5 Å². The Labute approximate surface area is 215 Å². The van der Waals surface area contributed by atoms with Crippen molar-refractivity contribution in [2.75, 3.05) is 31.9 Å². The fourth-order valence-corrected chi connectivity index (χ4v) is 5.50. The smallest absolute Gasteiger partial charge is 0.274 e. The molecule has 37 heavy (non-hydrogen) atoms. The lowest BCUT2D eigenvalue weighted by Crippen LogP contribution is -2.33. The Morgan fingerprint density at radius 3 is 2.54 bits per heavy atom. The minimum atomic E-state index is -0.225. The molecule has 3 N–H and O–H groups in total. The number of hydrogen-bond donors (Lipinski definition) is 3. The van der Waals surface area contributed by atoms with Gasteiger partial charge in [-0.1, -0.05) is 0 Å². The number of amides is 1. The topological polar surface area (TPSA) is 124 Å². The standard InChI is InChI=1S/C26H35N7O4/c1-27-23-14-22(30-21-5-4-12-32(26(21)35)17-7-10-18(36-2)11-8-17)31-24-20(15-28-33(23)24)25(34)29-16-6-9-19(13-16)37-3/h4-5,12,14-19,27H,6-11,13H2,1-3H3,(H,29,34)(H,30,31)/t16?,17?,18?,19-/m0/s1. The minimum absolute atomic E-state index is 0.0548. The van der Waals surface area contributed by atoms with E-state index in [2.05, 4.69) is 26.0 Å². The monoisotopic (exact) mass is 509 g/mol. The van der Waals surface area contributed by atoms with Crippen LogP contribution in [0.5, 0.6) is 0 Å². The number of pyridine rings is 1. The van der Waals surface area contributed by atoms with Crippen molar-refractivity contribution < 1.29 is 14.3 Å². The van der Waals surface area contributed by atoms with Crippen LogP contribution in [0.1, 0.15) is 61.3 Å². The summed E-state index contributed by atoms with van der Waals surface area (Å²) in [6, 6.07) is 5.58. The molecule has 3 aromatic heterocycles. The number of nitrogens with one attached hydrogen (secondary N) is 3. The van der Waals surface area contributed by atoms with Crippen molar-refractivity contribution in [1.29, 1.82) is 0 Å². The largest absolute Gasteiger partial charge is 0.381 e. The molecule has 0 spiro atoms. The van der Waals surface area contributed by atoms with Gasteiger partial charge in [-0.2, -0.15) is 9.61 Å². The van der Waals surface area contributed by atoms with Crippen LogP contribution in [0.25, 0.3) is 5.65 Å². The van der Waals surface area contributed by atoms with Crippen LogP contribution >= 0.6 is 0 Å². The molecule has 2 saturated carbocycles. The second kappa shape index (κ2) is 10.9. The molecule has 0 saturated heterocycles. The zero-order valence-corrected chi connectivity index (χ0v) is 21.6. The lowest BCUT2D eigenvalue weighted by molar-refractivity contribution is 0.0580. The van der Waals surface area contributed by atoms with Gasteiger partial charge in [-0.25, -0.2) is 4.98 Å². The molecule has 2 fully saturated rings. The second-order valence-electron chi connectivity index (χ2n) is 9.84. The summed E-state index contributed by atoms with van der Waals surface area (Å²) in [5, 5.41) is 13.7. The molecule has 3 aromatic rings. The molecule has 198 valence electrons. The van der Waals surface area contributed by atoms with E-state index in [-0.39, 0.29) is 35.8 Å². The molecule has 0 bridgehead atoms. The van der Waals surface area contributed by atoms with Crippen LogP contribution in [-0.2, 0) is 9.47 Å². The van der Waals surface area contributed by atoms with Gasteiger partial charge in [-0.15, -0.1) is 0 Å². The Bertz CT molecular complexity index is 1310. The Hall–Kier alpha value is -3.44. The van der Waals surface area contributed by atoms with Gasteiger partial charge in [0.05, 0.1) is 18.4 Å². The molecule has 11 heteroatoms. The van der Waals surface area contributed by atoms with Crippen molar-refractivity contribution in [2.24, 2.45) is 0 Å². The van der Waals surface area contributed by atoms with Crippen molar-refractivity contribution in [3.05, 3.63) is 46.5 Å². The van der Waals surface area contributed by atoms with E-state index in [1.54, 1.807) is 42.5 Å². The summed E-state index contributed by atoms with van der Waals surface area (Å²) in [6.45, 7) is 0. The first-order valence-electron chi connectivity index (χ1n) is 12.9. The number of carbonyl (C=O) groups is 1. The molecular weight excluding hydrogens is 474 g/mol. The summed E-state index contributed by atoms with van der Waals surface area (Å²) in [5.74, 6) is 0.864. The highest BCUT2D eigenvalue weighted by Crippen LogP contribution is 2.29. The molecule has 1 unspecified atom stereocenters. The van der Waals surface area contributed by atoms with Gasteiger partial charge >= 0.3 is 0 Å². The van der Waals surface area contributed by atoms with Crippen LogP contribution < -0.4 is 21.5 Å². The van der Waals surface area contributed by atoms with Crippen LogP contribution in [-0.4, -0.2) is 64.6 Å². The summed E-state index contributed by atoms with van der Waals surface area (Å²) in [7, 11) is 5.21. The van der Waals surface area contributed by atoms with Gasteiger partial charge in [0, 0.05) is 45.6 Å². The molecule has 0 aromatic carbocycles. The number of methoxy groups -OCH3 is 2. The molecule has 1 amide bonds. The Kier molecular flexibility index (Phi) is 7.43. The quantitative estimate of drug-likeness (QED) is 0.423. The van der Waals surface area contributed by atoms with E-state index >= 15 is 0 Å². The Balaban J connectivity index is 1.39. The average Bonchev–Trinajstić information content (AvgIpc) is 3.56. The van der Waals surface area contributed by atoms with Crippen molar-refractivity contribution in [3.8, 4) is 0 Å². The summed E-state index contributed by atoms with van der Waals surface area (Å²) in [5.41, 5.74) is 1.11. The van der Waals surface area contributed by atoms with Crippen molar-refractivity contribution in [3.63, 3.8) is 0 Å². The maximum atomic E-state index is 13.3. The van der Waals surface area contributed by atoms with Crippen LogP contribution in [0.3, 0.4) is 0 Å². The van der Waals surface area contributed by atoms with E-state index in [9.17, 15) is 9.59 Å². The third kappa shape index (κ3) is 5.19. The average molecular weight is 510 g/mol. The molecule has 3 heterocycles. The van der Waals surface area contributed by atoms with E-state index in [4.69, 9.17) is 9.47 Å². The van der Waals surface area contributed by atoms with Gasteiger partial charge in [-0.05, 0) is 57.1 Å². The molecule has 0 aliphatic heterocycles. The molecular formula is C26H35N7O4. The fourth-order valence-electron chi connectivity index (χ4n) is 5.50. The van der Waals surface area contributed by atoms with Gasteiger partial charge in [0.1, 0.15) is 22.9 Å². The normalized spacial score (nSPS) is 23.8. The lowest BCUT2D eigenvalue weighted by Gasteiger charge is -2.29. The number of nitrogens with zero attached hydrogens (tertiary/aromatic N) is 4. The molecule has 2 aliphatic rings. The molecule has 2 atom stereocenters.